The molecule has 0 aromatic heterocycles. The van der Waals surface area contributed by atoms with E-state index in [1.165, 1.54) is 0 Å². The zero-order valence-corrected chi connectivity index (χ0v) is 12.6. The number of rotatable bonds is 2. The highest BCUT2D eigenvalue weighted by Crippen LogP contribution is 2.38. The first-order valence-electron chi connectivity index (χ1n) is 6.42. The molecule has 2 fully saturated rings. The normalized spacial score (nSPS) is 30.5. The van der Waals surface area contributed by atoms with E-state index in [1.54, 1.807) is 18.2 Å². The second kappa shape index (κ2) is 4.92. The smallest absolute Gasteiger partial charge is 0.184 e. The third-order valence-corrected chi connectivity index (χ3v) is 7.20. The molecule has 2 heterocycles. The van der Waals surface area contributed by atoms with Crippen LogP contribution in [0.2, 0.25) is 10.0 Å². The lowest BCUT2D eigenvalue weighted by Gasteiger charge is -2.29. The number of hydrogen-bond acceptors (Lipinski definition) is 3. The number of halogens is 2. The number of fused-ring (bicyclic) bond motifs is 2. The fourth-order valence-corrected chi connectivity index (χ4v) is 6.21. The average Bonchev–Trinajstić information content (AvgIpc) is 2.67. The van der Waals surface area contributed by atoms with E-state index in [2.05, 4.69) is 5.32 Å². The quantitative estimate of drug-likeness (QED) is 0.911. The Hall–Kier alpha value is -0.290. The topological polar surface area (TPSA) is 46.2 Å². The lowest BCUT2D eigenvalue weighted by Crippen LogP contribution is -2.43. The predicted molar refractivity (Wildman–Crippen MR) is 76.6 cm³/mol. The summed E-state index contributed by atoms with van der Waals surface area (Å²) in [5, 5.41) is 3.51. The summed E-state index contributed by atoms with van der Waals surface area (Å²) in [7, 11) is -3.45. The molecule has 0 amide bonds. The molecule has 104 valence electrons. The summed E-state index contributed by atoms with van der Waals surface area (Å²) < 4.78 is 25.5. The minimum absolute atomic E-state index is 0.102. The summed E-state index contributed by atoms with van der Waals surface area (Å²) in [5.41, 5.74) is 0. The van der Waals surface area contributed by atoms with E-state index >= 15 is 0 Å². The van der Waals surface area contributed by atoms with Gasteiger partial charge in [0.25, 0.3) is 0 Å². The molecule has 2 bridgehead atoms. The number of sulfone groups is 1. The van der Waals surface area contributed by atoms with Gasteiger partial charge in [-0.25, -0.2) is 8.42 Å². The Morgan fingerprint density at radius 3 is 2.11 bits per heavy atom. The Bertz CT molecular complexity index is 570. The number of hydrogen-bond donors (Lipinski definition) is 1. The SMILES string of the molecule is O=S(=O)(c1c(Cl)cccc1Cl)C1CC2CCC(C1)N2. The molecule has 0 spiro atoms. The lowest BCUT2D eigenvalue weighted by molar-refractivity contribution is 0.401. The Kier molecular flexibility index (Phi) is 3.54. The Morgan fingerprint density at radius 2 is 1.58 bits per heavy atom. The van der Waals surface area contributed by atoms with Crippen LogP contribution in [0, 0.1) is 0 Å². The molecule has 19 heavy (non-hydrogen) atoms. The van der Waals surface area contributed by atoms with Gasteiger partial charge >= 0.3 is 0 Å². The van der Waals surface area contributed by atoms with Crippen molar-refractivity contribution in [2.45, 2.75) is 47.9 Å². The zero-order chi connectivity index (χ0) is 13.6. The summed E-state index contributed by atoms with van der Waals surface area (Å²) in [6, 6.07) is 5.46. The summed E-state index contributed by atoms with van der Waals surface area (Å²) in [5.74, 6) is 0. The van der Waals surface area contributed by atoms with Gasteiger partial charge in [-0.3, -0.25) is 0 Å². The first kappa shape index (κ1) is 13.7. The second-order valence-electron chi connectivity index (χ2n) is 5.33. The monoisotopic (exact) mass is 319 g/mol. The maximum atomic E-state index is 12.8. The molecule has 3 nitrogen and oxygen atoms in total. The molecule has 2 aliphatic heterocycles. The van der Waals surface area contributed by atoms with Gasteiger partial charge in [0.05, 0.1) is 15.3 Å². The Balaban J connectivity index is 1.99. The van der Waals surface area contributed by atoms with Gasteiger partial charge in [-0.1, -0.05) is 29.3 Å². The highest BCUT2D eigenvalue weighted by Gasteiger charge is 2.41. The highest BCUT2D eigenvalue weighted by atomic mass is 35.5. The molecule has 0 aliphatic carbocycles. The predicted octanol–water partition coefficient (Wildman–Crippen LogP) is 3.05. The zero-order valence-electron chi connectivity index (χ0n) is 10.3. The standard InChI is InChI=1S/C13H15Cl2NO2S/c14-11-2-1-3-12(15)13(11)19(17,18)10-6-8-4-5-9(7-10)16-8/h1-3,8-10,16H,4-7H2. The maximum Gasteiger partial charge on any atom is 0.184 e. The molecule has 0 saturated carbocycles. The van der Waals surface area contributed by atoms with Crippen molar-refractivity contribution >= 4 is 33.0 Å². The van der Waals surface area contributed by atoms with Crippen molar-refractivity contribution in [1.82, 2.24) is 5.32 Å². The average molecular weight is 320 g/mol. The molecule has 2 saturated heterocycles. The number of nitrogens with one attached hydrogen (secondary N) is 1. The summed E-state index contributed by atoms with van der Waals surface area (Å²) in [4.78, 5) is 0.102. The van der Waals surface area contributed by atoms with Crippen LogP contribution in [0.4, 0.5) is 0 Å². The van der Waals surface area contributed by atoms with Crippen molar-refractivity contribution in [3.63, 3.8) is 0 Å². The molecule has 3 rings (SSSR count). The fourth-order valence-electron chi connectivity index (χ4n) is 3.18. The highest BCUT2D eigenvalue weighted by molar-refractivity contribution is 7.92. The molecule has 6 heteroatoms. The molecular weight excluding hydrogens is 305 g/mol. The third-order valence-electron chi connectivity index (χ3n) is 4.07. The Morgan fingerprint density at radius 1 is 1.05 bits per heavy atom. The van der Waals surface area contributed by atoms with Crippen LogP contribution < -0.4 is 5.32 Å². The van der Waals surface area contributed by atoms with E-state index in [0.717, 1.165) is 12.8 Å². The summed E-state index contributed by atoms with van der Waals surface area (Å²) in [6.45, 7) is 0. The third kappa shape index (κ3) is 2.40. The molecule has 1 aromatic rings. The van der Waals surface area contributed by atoms with Gasteiger partial charge < -0.3 is 5.32 Å². The van der Waals surface area contributed by atoms with E-state index in [4.69, 9.17) is 23.2 Å². The molecule has 2 unspecified atom stereocenters. The molecule has 2 aliphatic rings. The minimum Gasteiger partial charge on any atom is -0.311 e. The second-order valence-corrected chi connectivity index (χ2v) is 8.31. The van der Waals surface area contributed by atoms with Crippen LogP contribution in [-0.2, 0) is 9.84 Å². The molecule has 1 aromatic carbocycles. The van der Waals surface area contributed by atoms with Crippen molar-refractivity contribution in [2.24, 2.45) is 0 Å². The van der Waals surface area contributed by atoms with Crippen LogP contribution in [0.5, 0.6) is 0 Å². The molecular formula is C13H15Cl2NO2S. The van der Waals surface area contributed by atoms with Crippen LogP contribution in [0.3, 0.4) is 0 Å². The van der Waals surface area contributed by atoms with E-state index in [9.17, 15) is 8.42 Å². The summed E-state index contributed by atoms with van der Waals surface area (Å²) >= 11 is 12.1. The first-order chi connectivity index (χ1) is 8.98. The van der Waals surface area contributed by atoms with Crippen LogP contribution >= 0.6 is 23.2 Å². The van der Waals surface area contributed by atoms with Gasteiger partial charge in [-0.05, 0) is 37.8 Å². The van der Waals surface area contributed by atoms with E-state index in [-0.39, 0.29) is 20.2 Å². The minimum atomic E-state index is -3.45. The van der Waals surface area contributed by atoms with Crippen LogP contribution in [-0.4, -0.2) is 25.8 Å². The van der Waals surface area contributed by atoms with Gasteiger partial charge in [0, 0.05) is 12.1 Å². The largest absolute Gasteiger partial charge is 0.311 e. The van der Waals surface area contributed by atoms with Gasteiger partial charge in [-0.15, -0.1) is 0 Å². The van der Waals surface area contributed by atoms with Crippen molar-refractivity contribution in [2.75, 3.05) is 0 Å². The first-order valence-corrected chi connectivity index (χ1v) is 8.72. The van der Waals surface area contributed by atoms with Crippen molar-refractivity contribution in [1.29, 1.82) is 0 Å². The lowest BCUT2D eigenvalue weighted by atomic mass is 10.1. The fraction of sp³-hybridized carbons (Fsp3) is 0.538. The number of benzene rings is 1. The van der Waals surface area contributed by atoms with Crippen LogP contribution in [0.1, 0.15) is 25.7 Å². The van der Waals surface area contributed by atoms with Gasteiger partial charge in [-0.2, -0.15) is 0 Å². The van der Waals surface area contributed by atoms with Gasteiger partial charge in [0.2, 0.25) is 0 Å². The van der Waals surface area contributed by atoms with E-state index < -0.39 is 9.84 Å². The summed E-state index contributed by atoms with van der Waals surface area (Å²) in [6.07, 6.45) is 3.43. The van der Waals surface area contributed by atoms with E-state index in [1.807, 2.05) is 0 Å². The van der Waals surface area contributed by atoms with Gasteiger partial charge in [0.15, 0.2) is 9.84 Å². The van der Waals surface area contributed by atoms with Crippen LogP contribution in [0.15, 0.2) is 23.1 Å². The molecule has 1 N–H and O–H groups in total. The van der Waals surface area contributed by atoms with E-state index in [0.29, 0.717) is 24.9 Å². The van der Waals surface area contributed by atoms with Crippen molar-refractivity contribution in [3.05, 3.63) is 28.2 Å². The van der Waals surface area contributed by atoms with Crippen molar-refractivity contribution in [3.8, 4) is 0 Å². The maximum absolute atomic E-state index is 12.8. The van der Waals surface area contributed by atoms with Crippen LogP contribution in [0.25, 0.3) is 0 Å². The number of piperidine rings is 1. The molecule has 0 radical (unpaired) electrons. The van der Waals surface area contributed by atoms with Crippen molar-refractivity contribution < 1.29 is 8.42 Å². The Labute approximate surface area is 123 Å². The van der Waals surface area contributed by atoms with Gasteiger partial charge in [0.1, 0.15) is 4.90 Å². The molecule has 2 atom stereocenters.